The van der Waals surface area contributed by atoms with Crippen molar-refractivity contribution in [3.8, 4) is 0 Å². The number of urea groups is 1. The number of halogens is 2. The maximum absolute atomic E-state index is 13.6. The molecule has 4 N–H and O–H groups in total. The summed E-state index contributed by atoms with van der Waals surface area (Å²) in [7, 11) is 0. The zero-order chi connectivity index (χ0) is 22.8. The van der Waals surface area contributed by atoms with Gasteiger partial charge in [-0.3, -0.25) is 14.8 Å². The van der Waals surface area contributed by atoms with E-state index in [1.165, 1.54) is 17.7 Å². The molecule has 0 heterocycles. The van der Waals surface area contributed by atoms with Crippen LogP contribution in [-0.4, -0.2) is 47.6 Å². The van der Waals surface area contributed by atoms with Crippen LogP contribution in [0.2, 0.25) is 0 Å². The number of hydrogen-bond acceptors (Lipinski definition) is 4. The Kier molecular flexibility index (Phi) is 9.64. The highest BCUT2D eigenvalue weighted by molar-refractivity contribution is 5.89. The molecule has 0 bridgehead atoms. The van der Waals surface area contributed by atoms with Crippen LogP contribution in [0, 0.1) is 23.5 Å². The highest BCUT2D eigenvalue weighted by Gasteiger charge is 2.22. The van der Waals surface area contributed by atoms with Crippen LogP contribution in [0.1, 0.15) is 45.4 Å². The molecule has 0 aromatic heterocycles. The minimum absolute atomic E-state index is 0.0813. The molecule has 8 nitrogen and oxygen atoms in total. The van der Waals surface area contributed by atoms with Crippen molar-refractivity contribution in [1.29, 1.82) is 0 Å². The van der Waals surface area contributed by atoms with E-state index in [1.807, 2.05) is 0 Å². The summed E-state index contributed by atoms with van der Waals surface area (Å²) in [4.78, 5) is 37.6. The molecule has 1 saturated carbocycles. The van der Waals surface area contributed by atoms with Gasteiger partial charge in [0, 0.05) is 25.6 Å². The standard InChI is InChI=1S/C21H30F2N4O4/c1-14(12-24-21(30)25-18-11-16(22)6-7-17(18)23)10-20(29)27(13-19(28)26-31)9-8-15-4-2-3-5-15/h6-7,11,14-15,31H,2-5,8-10,12-13H2,1H3,(H,26,28)(H2,24,25,30)/t14-/m0/s1. The van der Waals surface area contributed by atoms with Crippen molar-refractivity contribution in [2.45, 2.75) is 45.4 Å². The predicted octanol–water partition coefficient (Wildman–Crippen LogP) is 3.03. The summed E-state index contributed by atoms with van der Waals surface area (Å²) in [5.74, 6) is -2.09. The van der Waals surface area contributed by atoms with Crippen molar-refractivity contribution in [2.24, 2.45) is 11.8 Å². The quantitative estimate of drug-likeness (QED) is 0.331. The zero-order valence-corrected chi connectivity index (χ0v) is 17.6. The van der Waals surface area contributed by atoms with E-state index in [0.717, 1.165) is 37.5 Å². The Hall–Kier alpha value is -2.75. The van der Waals surface area contributed by atoms with Gasteiger partial charge in [0.25, 0.3) is 5.91 Å². The van der Waals surface area contributed by atoms with Crippen molar-refractivity contribution in [3.63, 3.8) is 0 Å². The molecule has 172 valence electrons. The summed E-state index contributed by atoms with van der Waals surface area (Å²) in [6.45, 7) is 2.07. The van der Waals surface area contributed by atoms with Crippen LogP contribution in [0.15, 0.2) is 18.2 Å². The van der Waals surface area contributed by atoms with Crippen molar-refractivity contribution >= 4 is 23.5 Å². The zero-order valence-electron chi connectivity index (χ0n) is 17.6. The van der Waals surface area contributed by atoms with Crippen LogP contribution in [-0.2, 0) is 9.59 Å². The van der Waals surface area contributed by atoms with Gasteiger partial charge in [-0.05, 0) is 30.4 Å². The maximum Gasteiger partial charge on any atom is 0.319 e. The second kappa shape index (κ2) is 12.2. The first-order valence-corrected chi connectivity index (χ1v) is 10.5. The molecular weight excluding hydrogens is 410 g/mol. The molecule has 31 heavy (non-hydrogen) atoms. The molecule has 0 aliphatic heterocycles. The second-order valence-corrected chi connectivity index (χ2v) is 8.06. The first-order chi connectivity index (χ1) is 14.8. The molecule has 0 saturated heterocycles. The second-order valence-electron chi connectivity index (χ2n) is 8.06. The average molecular weight is 440 g/mol. The highest BCUT2D eigenvalue weighted by atomic mass is 19.1. The van der Waals surface area contributed by atoms with E-state index >= 15 is 0 Å². The Morgan fingerprint density at radius 3 is 2.61 bits per heavy atom. The number of hydroxylamine groups is 1. The lowest BCUT2D eigenvalue weighted by molar-refractivity contribution is -0.140. The molecule has 1 aromatic carbocycles. The fourth-order valence-electron chi connectivity index (χ4n) is 3.66. The van der Waals surface area contributed by atoms with Gasteiger partial charge < -0.3 is 15.5 Å². The van der Waals surface area contributed by atoms with Crippen molar-refractivity contribution < 1.29 is 28.4 Å². The summed E-state index contributed by atoms with van der Waals surface area (Å²) in [6.07, 6.45) is 5.49. The van der Waals surface area contributed by atoms with E-state index in [1.54, 1.807) is 12.4 Å². The van der Waals surface area contributed by atoms with Crippen LogP contribution < -0.4 is 16.1 Å². The lowest BCUT2D eigenvalue weighted by atomic mass is 10.0. The minimum atomic E-state index is -0.764. The van der Waals surface area contributed by atoms with E-state index in [0.29, 0.717) is 12.5 Å². The van der Waals surface area contributed by atoms with Crippen molar-refractivity contribution in [1.82, 2.24) is 15.7 Å². The monoisotopic (exact) mass is 440 g/mol. The lowest BCUT2D eigenvalue weighted by Gasteiger charge is -2.25. The normalized spacial score (nSPS) is 14.7. The molecule has 0 spiro atoms. The number of amides is 4. The van der Waals surface area contributed by atoms with Gasteiger partial charge >= 0.3 is 6.03 Å². The molecule has 1 aliphatic rings. The van der Waals surface area contributed by atoms with Gasteiger partial charge in [0.1, 0.15) is 18.2 Å². The molecule has 1 fully saturated rings. The van der Waals surface area contributed by atoms with E-state index < -0.39 is 23.6 Å². The molecule has 1 atom stereocenters. The van der Waals surface area contributed by atoms with Gasteiger partial charge in [0.15, 0.2) is 0 Å². The van der Waals surface area contributed by atoms with Gasteiger partial charge in [-0.15, -0.1) is 0 Å². The number of rotatable bonds is 10. The number of anilines is 1. The fraction of sp³-hybridized carbons (Fsp3) is 0.571. The van der Waals surface area contributed by atoms with E-state index in [9.17, 15) is 23.2 Å². The molecule has 1 aliphatic carbocycles. The number of carbonyl (C=O) groups excluding carboxylic acids is 3. The van der Waals surface area contributed by atoms with Gasteiger partial charge in [0.05, 0.1) is 5.69 Å². The summed E-state index contributed by atoms with van der Waals surface area (Å²) in [5, 5.41) is 13.5. The maximum atomic E-state index is 13.6. The summed E-state index contributed by atoms with van der Waals surface area (Å²) in [5.41, 5.74) is 1.26. The Labute approximate surface area is 180 Å². The van der Waals surface area contributed by atoms with Crippen LogP contribution in [0.5, 0.6) is 0 Å². The van der Waals surface area contributed by atoms with Crippen LogP contribution >= 0.6 is 0 Å². The molecule has 2 rings (SSSR count). The SMILES string of the molecule is C[C@H](CNC(=O)Nc1cc(F)ccc1F)CC(=O)N(CCC1CCCC1)CC(=O)NO. The Balaban J connectivity index is 1.81. The molecule has 4 amide bonds. The number of benzene rings is 1. The van der Waals surface area contributed by atoms with Crippen LogP contribution in [0.4, 0.5) is 19.3 Å². The van der Waals surface area contributed by atoms with E-state index in [-0.39, 0.29) is 37.0 Å². The molecule has 0 unspecified atom stereocenters. The first kappa shape index (κ1) is 24.5. The van der Waals surface area contributed by atoms with E-state index in [2.05, 4.69) is 10.6 Å². The highest BCUT2D eigenvalue weighted by Crippen LogP contribution is 2.27. The lowest BCUT2D eigenvalue weighted by Crippen LogP contribution is -2.42. The number of nitrogens with one attached hydrogen (secondary N) is 3. The van der Waals surface area contributed by atoms with Gasteiger partial charge in [0.2, 0.25) is 5.91 Å². The summed E-state index contributed by atoms with van der Waals surface area (Å²) < 4.78 is 26.8. The third-order valence-electron chi connectivity index (χ3n) is 5.40. The van der Waals surface area contributed by atoms with Crippen molar-refractivity contribution in [2.75, 3.05) is 25.0 Å². The van der Waals surface area contributed by atoms with Crippen LogP contribution in [0.3, 0.4) is 0 Å². The smallest absolute Gasteiger partial charge is 0.319 e. The third kappa shape index (κ3) is 8.49. The predicted molar refractivity (Wildman–Crippen MR) is 110 cm³/mol. The third-order valence-corrected chi connectivity index (χ3v) is 5.40. The Morgan fingerprint density at radius 2 is 1.94 bits per heavy atom. The minimum Gasteiger partial charge on any atom is -0.338 e. The topological polar surface area (TPSA) is 111 Å². The van der Waals surface area contributed by atoms with Gasteiger partial charge in [-0.1, -0.05) is 32.6 Å². The van der Waals surface area contributed by atoms with Crippen molar-refractivity contribution in [3.05, 3.63) is 29.8 Å². The molecule has 10 heteroatoms. The fourth-order valence-corrected chi connectivity index (χ4v) is 3.66. The Morgan fingerprint density at radius 1 is 1.23 bits per heavy atom. The average Bonchev–Trinajstić information content (AvgIpc) is 3.25. The summed E-state index contributed by atoms with van der Waals surface area (Å²) in [6, 6.07) is 2.01. The first-order valence-electron chi connectivity index (χ1n) is 10.5. The molecule has 0 radical (unpaired) electrons. The molecular formula is C21H30F2N4O4. The number of nitrogens with zero attached hydrogens (tertiary/aromatic N) is 1. The summed E-state index contributed by atoms with van der Waals surface area (Å²) >= 11 is 0. The largest absolute Gasteiger partial charge is 0.338 e. The van der Waals surface area contributed by atoms with Gasteiger partial charge in [-0.25, -0.2) is 19.1 Å². The van der Waals surface area contributed by atoms with Crippen LogP contribution in [0.25, 0.3) is 0 Å². The Bertz CT molecular complexity index is 772. The molecule has 1 aromatic rings. The number of hydrogen-bond donors (Lipinski definition) is 4. The van der Waals surface area contributed by atoms with Gasteiger partial charge in [-0.2, -0.15) is 0 Å². The van der Waals surface area contributed by atoms with E-state index in [4.69, 9.17) is 5.21 Å². The number of carbonyl (C=O) groups is 3.